The Morgan fingerprint density at radius 3 is 2.67 bits per heavy atom. The summed E-state index contributed by atoms with van der Waals surface area (Å²) in [6.45, 7) is 0. The number of halogens is 1. The van der Waals surface area contributed by atoms with Crippen LogP contribution in [0, 0.1) is 12.3 Å². The molecule has 0 amide bonds. The zero-order chi connectivity index (χ0) is 13.0. The molecule has 3 heteroatoms. The molecule has 2 rings (SSSR count). The van der Waals surface area contributed by atoms with Crippen molar-refractivity contribution in [3.05, 3.63) is 58.6 Å². The number of hydrogen-bond donors (Lipinski definition) is 1. The third-order valence-corrected chi connectivity index (χ3v) is 3.05. The van der Waals surface area contributed by atoms with E-state index in [1.54, 1.807) is 18.2 Å². The van der Waals surface area contributed by atoms with Gasteiger partial charge in [0, 0.05) is 0 Å². The molecule has 18 heavy (non-hydrogen) atoms. The lowest BCUT2D eigenvalue weighted by Gasteiger charge is -2.10. The number of aliphatic hydroxyl groups excluding tert-OH is 1. The predicted octanol–water partition coefficient (Wildman–Crippen LogP) is 3.91. The van der Waals surface area contributed by atoms with Gasteiger partial charge in [-0.05, 0) is 45.8 Å². The fraction of sp³-hybridized carbons (Fsp3) is 0.0667. The van der Waals surface area contributed by atoms with Crippen LogP contribution in [-0.2, 0) is 0 Å². The van der Waals surface area contributed by atoms with Crippen molar-refractivity contribution in [1.29, 1.82) is 0 Å². The molecule has 2 aromatic carbocycles. The number of hydrogen-bond acceptors (Lipinski definition) is 2. The summed E-state index contributed by atoms with van der Waals surface area (Å²) in [6.07, 6.45) is 4.27. The Morgan fingerprint density at radius 2 is 1.94 bits per heavy atom. The first-order valence-electron chi connectivity index (χ1n) is 5.37. The van der Waals surface area contributed by atoms with Crippen LogP contribution in [0.2, 0.25) is 0 Å². The Balaban J connectivity index is 2.26. The van der Waals surface area contributed by atoms with Crippen LogP contribution in [0.1, 0.15) is 11.7 Å². The topological polar surface area (TPSA) is 29.5 Å². The van der Waals surface area contributed by atoms with E-state index >= 15 is 0 Å². The van der Waals surface area contributed by atoms with Gasteiger partial charge in [0.15, 0.2) is 0 Å². The Kier molecular flexibility index (Phi) is 4.03. The third kappa shape index (κ3) is 2.92. The van der Waals surface area contributed by atoms with Gasteiger partial charge in [-0.15, -0.1) is 6.42 Å². The van der Waals surface area contributed by atoms with E-state index in [2.05, 4.69) is 21.9 Å². The normalized spacial score (nSPS) is 11.6. The predicted molar refractivity (Wildman–Crippen MR) is 74.5 cm³/mol. The molecule has 0 aliphatic heterocycles. The van der Waals surface area contributed by atoms with Crippen LogP contribution in [-0.4, -0.2) is 5.11 Å². The summed E-state index contributed by atoms with van der Waals surface area (Å²) in [5.41, 5.74) is 0.641. The molecule has 2 aromatic rings. The second-order valence-electron chi connectivity index (χ2n) is 3.67. The van der Waals surface area contributed by atoms with Gasteiger partial charge in [-0.1, -0.05) is 30.2 Å². The highest BCUT2D eigenvalue weighted by Gasteiger charge is 2.06. The van der Waals surface area contributed by atoms with Crippen molar-refractivity contribution in [2.24, 2.45) is 0 Å². The van der Waals surface area contributed by atoms with Gasteiger partial charge in [0.05, 0.1) is 4.47 Å². The molecule has 0 spiro atoms. The van der Waals surface area contributed by atoms with Crippen LogP contribution in [0.15, 0.2) is 53.0 Å². The van der Waals surface area contributed by atoms with Crippen LogP contribution >= 0.6 is 15.9 Å². The molecule has 2 nitrogen and oxygen atoms in total. The van der Waals surface area contributed by atoms with Crippen molar-refractivity contribution in [2.75, 3.05) is 0 Å². The Labute approximate surface area is 114 Å². The maximum atomic E-state index is 9.57. The first-order chi connectivity index (χ1) is 8.70. The summed E-state index contributed by atoms with van der Waals surface area (Å²) in [7, 11) is 0. The molecule has 90 valence electrons. The van der Waals surface area contributed by atoms with E-state index < -0.39 is 6.10 Å². The number of rotatable bonds is 3. The summed E-state index contributed by atoms with van der Waals surface area (Å²) >= 11 is 3.41. The highest BCUT2D eigenvalue weighted by Crippen LogP contribution is 2.30. The highest BCUT2D eigenvalue weighted by atomic mass is 79.9. The summed E-state index contributed by atoms with van der Waals surface area (Å²) in [6, 6.07) is 14.6. The van der Waals surface area contributed by atoms with Gasteiger partial charge in [0.1, 0.15) is 17.6 Å². The largest absolute Gasteiger partial charge is 0.456 e. The quantitative estimate of drug-likeness (QED) is 0.871. The molecule has 0 aliphatic carbocycles. The van der Waals surface area contributed by atoms with Crippen molar-refractivity contribution in [2.45, 2.75) is 6.10 Å². The molecule has 0 bridgehead atoms. The fourth-order valence-corrected chi connectivity index (χ4v) is 1.86. The van der Waals surface area contributed by atoms with E-state index in [1.165, 1.54) is 0 Å². The monoisotopic (exact) mass is 302 g/mol. The lowest BCUT2D eigenvalue weighted by atomic mass is 10.1. The molecule has 0 aromatic heterocycles. The third-order valence-electron chi connectivity index (χ3n) is 2.40. The molecular weight excluding hydrogens is 292 g/mol. The maximum absolute atomic E-state index is 9.57. The van der Waals surface area contributed by atoms with Crippen molar-refractivity contribution < 1.29 is 9.84 Å². The van der Waals surface area contributed by atoms with Gasteiger partial charge >= 0.3 is 0 Å². The lowest BCUT2D eigenvalue weighted by molar-refractivity contribution is 0.238. The number of benzene rings is 2. The Hall–Kier alpha value is -1.76. The van der Waals surface area contributed by atoms with E-state index in [0.29, 0.717) is 17.1 Å². The fourth-order valence-electron chi connectivity index (χ4n) is 1.50. The van der Waals surface area contributed by atoms with Gasteiger partial charge in [0.2, 0.25) is 0 Å². The second-order valence-corrected chi connectivity index (χ2v) is 4.53. The Bertz CT molecular complexity index is 587. The van der Waals surface area contributed by atoms with Crippen LogP contribution in [0.3, 0.4) is 0 Å². The minimum absolute atomic E-state index is 0.633. The number of para-hydroxylation sites is 1. The van der Waals surface area contributed by atoms with Gasteiger partial charge in [0.25, 0.3) is 0 Å². The van der Waals surface area contributed by atoms with Gasteiger partial charge in [-0.25, -0.2) is 0 Å². The molecule has 0 saturated carbocycles. The smallest absolute Gasteiger partial charge is 0.141 e. The van der Waals surface area contributed by atoms with Crippen molar-refractivity contribution >= 4 is 15.9 Å². The molecule has 1 N–H and O–H groups in total. The van der Waals surface area contributed by atoms with E-state index in [4.69, 9.17) is 11.2 Å². The van der Waals surface area contributed by atoms with Crippen molar-refractivity contribution in [1.82, 2.24) is 0 Å². The molecular formula is C15H11BrO2. The maximum Gasteiger partial charge on any atom is 0.141 e. The standard InChI is InChI=1S/C15H11BrO2/c1-2-14(17)11-6-5-7-12(10-11)18-15-9-4-3-8-13(15)16/h1,3-10,14,17H. The minimum atomic E-state index is -0.909. The molecule has 0 saturated heterocycles. The lowest BCUT2D eigenvalue weighted by Crippen LogP contribution is -1.94. The molecule has 0 fully saturated rings. The van der Waals surface area contributed by atoms with Crippen molar-refractivity contribution in [3.63, 3.8) is 0 Å². The van der Waals surface area contributed by atoms with Crippen molar-refractivity contribution in [3.8, 4) is 23.8 Å². The summed E-state index contributed by atoms with van der Waals surface area (Å²) < 4.78 is 6.59. The average molecular weight is 303 g/mol. The number of terminal acetylenes is 1. The molecule has 1 unspecified atom stereocenters. The molecule has 0 heterocycles. The van der Waals surface area contributed by atoms with Gasteiger partial charge in [-0.3, -0.25) is 0 Å². The van der Waals surface area contributed by atoms with E-state index in [-0.39, 0.29) is 0 Å². The van der Waals surface area contributed by atoms with Crippen LogP contribution in [0.5, 0.6) is 11.5 Å². The summed E-state index contributed by atoms with van der Waals surface area (Å²) in [5, 5.41) is 9.57. The van der Waals surface area contributed by atoms with E-state index in [9.17, 15) is 5.11 Å². The number of ether oxygens (including phenoxy) is 1. The average Bonchev–Trinajstić information content (AvgIpc) is 2.41. The molecule has 0 aliphatic rings. The molecule has 1 atom stereocenters. The second kappa shape index (κ2) is 5.72. The molecule has 0 radical (unpaired) electrons. The highest BCUT2D eigenvalue weighted by molar-refractivity contribution is 9.10. The van der Waals surface area contributed by atoms with Crippen LogP contribution in [0.25, 0.3) is 0 Å². The summed E-state index contributed by atoms with van der Waals surface area (Å²) in [4.78, 5) is 0. The van der Waals surface area contributed by atoms with E-state index in [0.717, 1.165) is 4.47 Å². The zero-order valence-corrected chi connectivity index (χ0v) is 11.1. The van der Waals surface area contributed by atoms with Crippen LogP contribution in [0.4, 0.5) is 0 Å². The number of aliphatic hydroxyl groups is 1. The first kappa shape index (κ1) is 12.7. The minimum Gasteiger partial charge on any atom is -0.456 e. The van der Waals surface area contributed by atoms with Crippen LogP contribution < -0.4 is 4.74 Å². The Morgan fingerprint density at radius 1 is 1.17 bits per heavy atom. The summed E-state index contributed by atoms with van der Waals surface area (Å²) in [5.74, 6) is 3.62. The van der Waals surface area contributed by atoms with Gasteiger partial charge < -0.3 is 9.84 Å². The van der Waals surface area contributed by atoms with E-state index in [1.807, 2.05) is 30.3 Å². The SMILES string of the molecule is C#CC(O)c1cccc(Oc2ccccc2Br)c1. The first-order valence-corrected chi connectivity index (χ1v) is 6.16. The van der Waals surface area contributed by atoms with Gasteiger partial charge in [-0.2, -0.15) is 0 Å². The zero-order valence-electron chi connectivity index (χ0n) is 9.51.